The van der Waals surface area contributed by atoms with Crippen molar-refractivity contribution >= 4 is 11.8 Å². The smallest absolute Gasteiger partial charge is 0.343 e. The molecular formula is C24H30O8. The van der Waals surface area contributed by atoms with Crippen molar-refractivity contribution in [3.63, 3.8) is 0 Å². The average molecular weight is 446 g/mol. The summed E-state index contributed by atoms with van der Waals surface area (Å²) in [6.45, 7) is 2.15. The Kier molecular flexibility index (Phi) is 5.41. The predicted molar refractivity (Wildman–Crippen MR) is 111 cm³/mol. The lowest BCUT2D eigenvalue weighted by atomic mass is 9.55. The Morgan fingerprint density at radius 1 is 1.06 bits per heavy atom. The van der Waals surface area contributed by atoms with Gasteiger partial charge in [0.1, 0.15) is 29.8 Å². The molecule has 32 heavy (non-hydrogen) atoms. The van der Waals surface area contributed by atoms with Crippen molar-refractivity contribution in [1.29, 1.82) is 0 Å². The quantitative estimate of drug-likeness (QED) is 0.388. The number of hydrogen-bond acceptors (Lipinski definition) is 8. The molecule has 0 bridgehead atoms. The van der Waals surface area contributed by atoms with E-state index in [0.29, 0.717) is 35.7 Å². The minimum absolute atomic E-state index is 0.169. The third-order valence-corrected chi connectivity index (χ3v) is 8.45. The van der Waals surface area contributed by atoms with Crippen LogP contribution < -0.4 is 4.74 Å². The molecule has 1 heterocycles. The second kappa shape index (κ2) is 7.88. The second-order valence-electron chi connectivity index (χ2n) is 10.0. The first kappa shape index (κ1) is 22.0. The number of ether oxygens (including phenoxy) is 2. The molecule has 1 aromatic rings. The van der Waals surface area contributed by atoms with Gasteiger partial charge in [-0.15, -0.1) is 0 Å². The lowest BCUT2D eigenvalue weighted by molar-refractivity contribution is -0.279. The Morgan fingerprint density at radius 2 is 1.84 bits per heavy atom. The molecule has 9 atom stereocenters. The van der Waals surface area contributed by atoms with Crippen LogP contribution in [-0.2, 0) is 20.7 Å². The Labute approximate surface area is 186 Å². The van der Waals surface area contributed by atoms with Crippen molar-refractivity contribution < 1.29 is 39.5 Å². The Hall–Kier alpha value is -1.84. The monoisotopic (exact) mass is 446 g/mol. The number of aliphatic hydroxyl groups excluding tert-OH is 4. The molecule has 0 aromatic heterocycles. The van der Waals surface area contributed by atoms with E-state index in [9.17, 15) is 30.0 Å². The van der Waals surface area contributed by atoms with Gasteiger partial charge >= 0.3 is 5.97 Å². The molecule has 3 aliphatic carbocycles. The number of carbonyl (C=O) groups is 2. The summed E-state index contributed by atoms with van der Waals surface area (Å²) in [5, 5.41) is 39.1. The Bertz CT molecular complexity index is 931. The first-order chi connectivity index (χ1) is 15.2. The van der Waals surface area contributed by atoms with E-state index in [1.54, 1.807) is 6.07 Å². The highest BCUT2D eigenvalue weighted by molar-refractivity contribution is 5.87. The minimum Gasteiger partial charge on any atom is -0.425 e. The lowest BCUT2D eigenvalue weighted by Gasteiger charge is -2.48. The highest BCUT2D eigenvalue weighted by Crippen LogP contribution is 2.59. The minimum atomic E-state index is -1.80. The number of rotatable bonds is 2. The van der Waals surface area contributed by atoms with E-state index in [1.807, 2.05) is 12.1 Å². The third kappa shape index (κ3) is 3.31. The van der Waals surface area contributed by atoms with Crippen LogP contribution in [0.1, 0.15) is 56.1 Å². The largest absolute Gasteiger partial charge is 0.425 e. The fourth-order valence-electron chi connectivity index (χ4n) is 6.62. The summed E-state index contributed by atoms with van der Waals surface area (Å²) in [7, 11) is 0. The molecular weight excluding hydrogens is 416 g/mol. The van der Waals surface area contributed by atoms with E-state index >= 15 is 0 Å². The van der Waals surface area contributed by atoms with Crippen molar-refractivity contribution in [2.75, 3.05) is 0 Å². The summed E-state index contributed by atoms with van der Waals surface area (Å²) in [6.07, 6.45) is -3.14. The molecule has 0 radical (unpaired) electrons. The SMILES string of the molecule is C[C@]12CC[C@@H]3c4ccc(OC(=O)[C@@H]5O[C@H](O)[C@H](O)[C@@H](O)[C@@H]5O)cc4CC[C@@H]3[C@H]1CCC2=O. The molecule has 0 spiro atoms. The van der Waals surface area contributed by atoms with Gasteiger partial charge in [0.25, 0.3) is 0 Å². The number of ketones is 1. The molecule has 3 fully saturated rings. The van der Waals surface area contributed by atoms with Gasteiger partial charge in [0.15, 0.2) is 12.4 Å². The zero-order valence-corrected chi connectivity index (χ0v) is 18.0. The summed E-state index contributed by atoms with van der Waals surface area (Å²) >= 11 is 0. The van der Waals surface area contributed by atoms with E-state index in [-0.39, 0.29) is 5.41 Å². The van der Waals surface area contributed by atoms with Crippen LogP contribution in [0.2, 0.25) is 0 Å². The highest BCUT2D eigenvalue weighted by atomic mass is 16.7. The number of Topliss-reactive ketones (excluding diaryl/α,β-unsaturated/α-hetero) is 1. The molecule has 5 rings (SSSR count). The molecule has 1 aliphatic heterocycles. The molecule has 1 aromatic carbocycles. The number of fused-ring (bicyclic) bond motifs is 5. The van der Waals surface area contributed by atoms with Crippen molar-refractivity contribution in [3.8, 4) is 5.75 Å². The summed E-state index contributed by atoms with van der Waals surface area (Å²) in [5.74, 6) is 1.12. The molecule has 8 heteroatoms. The summed E-state index contributed by atoms with van der Waals surface area (Å²) in [4.78, 5) is 25.0. The number of benzene rings is 1. The van der Waals surface area contributed by atoms with Gasteiger partial charge in [0, 0.05) is 11.8 Å². The zero-order valence-electron chi connectivity index (χ0n) is 18.0. The van der Waals surface area contributed by atoms with E-state index in [0.717, 1.165) is 37.7 Å². The topological polar surface area (TPSA) is 134 Å². The van der Waals surface area contributed by atoms with E-state index < -0.39 is 36.7 Å². The molecule has 4 N–H and O–H groups in total. The first-order valence-corrected chi connectivity index (χ1v) is 11.5. The Balaban J connectivity index is 1.32. The van der Waals surface area contributed by atoms with Gasteiger partial charge in [-0.05, 0) is 73.1 Å². The highest BCUT2D eigenvalue weighted by Gasteiger charge is 2.54. The fourth-order valence-corrected chi connectivity index (χ4v) is 6.62. The van der Waals surface area contributed by atoms with Crippen LogP contribution in [0.5, 0.6) is 5.75 Å². The average Bonchev–Trinajstić information content (AvgIpc) is 3.09. The standard InChI is InChI=1S/C24H30O8/c1-24-9-8-14-13-5-3-12(10-11(13)2-4-15(14)16(24)6-7-17(24)25)31-23(30)21-19(27)18(26)20(28)22(29)32-21/h3,5,10,14-16,18-22,26-29H,2,4,6-9H2,1H3/t14-,15+,16-,18+,19+,20-,21-,22+,24+/m1/s1. The lowest BCUT2D eigenvalue weighted by Crippen LogP contribution is -2.60. The summed E-state index contributed by atoms with van der Waals surface area (Å²) < 4.78 is 10.3. The predicted octanol–water partition coefficient (Wildman–Crippen LogP) is 0.817. The van der Waals surface area contributed by atoms with Gasteiger partial charge in [-0.3, -0.25) is 4.79 Å². The van der Waals surface area contributed by atoms with Crippen molar-refractivity contribution in [2.45, 2.75) is 82.1 Å². The number of aryl methyl sites for hydroxylation is 1. The van der Waals surface area contributed by atoms with Crippen LogP contribution in [0.3, 0.4) is 0 Å². The maximum Gasteiger partial charge on any atom is 0.343 e. The third-order valence-electron chi connectivity index (χ3n) is 8.45. The van der Waals surface area contributed by atoms with Crippen LogP contribution in [0.25, 0.3) is 0 Å². The van der Waals surface area contributed by atoms with Gasteiger partial charge < -0.3 is 29.9 Å². The summed E-state index contributed by atoms with van der Waals surface area (Å²) in [6, 6.07) is 5.53. The maximum absolute atomic E-state index is 12.5. The fraction of sp³-hybridized carbons (Fsp3) is 0.667. The first-order valence-electron chi connectivity index (χ1n) is 11.5. The Morgan fingerprint density at radius 3 is 2.62 bits per heavy atom. The van der Waals surface area contributed by atoms with Crippen LogP contribution in [-0.4, -0.2) is 62.9 Å². The molecule has 0 unspecified atom stereocenters. The maximum atomic E-state index is 12.5. The molecule has 8 nitrogen and oxygen atoms in total. The van der Waals surface area contributed by atoms with Crippen molar-refractivity contribution in [3.05, 3.63) is 29.3 Å². The molecule has 1 saturated heterocycles. The number of aliphatic hydroxyl groups is 4. The van der Waals surface area contributed by atoms with Crippen molar-refractivity contribution in [2.24, 2.45) is 17.3 Å². The van der Waals surface area contributed by atoms with Crippen LogP contribution in [0.4, 0.5) is 0 Å². The van der Waals surface area contributed by atoms with Gasteiger partial charge in [-0.25, -0.2) is 4.79 Å². The summed E-state index contributed by atoms with van der Waals surface area (Å²) in [5.41, 5.74) is 2.20. The number of carbonyl (C=O) groups excluding carboxylic acids is 2. The molecule has 2 saturated carbocycles. The molecule has 174 valence electrons. The second-order valence-corrected chi connectivity index (χ2v) is 10.0. The van der Waals surface area contributed by atoms with Crippen molar-refractivity contribution in [1.82, 2.24) is 0 Å². The number of esters is 1. The van der Waals surface area contributed by atoms with Crippen LogP contribution in [0.15, 0.2) is 18.2 Å². The van der Waals surface area contributed by atoms with E-state index in [4.69, 9.17) is 9.47 Å². The molecule has 4 aliphatic rings. The van der Waals surface area contributed by atoms with E-state index in [2.05, 4.69) is 6.92 Å². The van der Waals surface area contributed by atoms with Gasteiger partial charge in [0.05, 0.1) is 0 Å². The normalized spacial score (nSPS) is 43.2. The zero-order chi connectivity index (χ0) is 22.8. The van der Waals surface area contributed by atoms with E-state index in [1.165, 1.54) is 5.56 Å². The van der Waals surface area contributed by atoms with Crippen LogP contribution in [0, 0.1) is 17.3 Å². The van der Waals surface area contributed by atoms with Gasteiger partial charge in [-0.1, -0.05) is 13.0 Å². The molecule has 0 amide bonds. The van der Waals surface area contributed by atoms with Gasteiger partial charge in [-0.2, -0.15) is 0 Å². The number of hydrogen-bond donors (Lipinski definition) is 4. The van der Waals surface area contributed by atoms with Gasteiger partial charge in [0.2, 0.25) is 0 Å². The van der Waals surface area contributed by atoms with Crippen LogP contribution >= 0.6 is 0 Å².